The lowest BCUT2D eigenvalue weighted by molar-refractivity contribution is 0.180. The van der Waals surface area contributed by atoms with Crippen LogP contribution >= 0.6 is 0 Å². The third-order valence-corrected chi connectivity index (χ3v) is 3.30. The minimum atomic E-state index is 0.272. The van der Waals surface area contributed by atoms with E-state index in [2.05, 4.69) is 16.7 Å². The van der Waals surface area contributed by atoms with Gasteiger partial charge in [0.1, 0.15) is 0 Å². The summed E-state index contributed by atoms with van der Waals surface area (Å²) in [5.41, 5.74) is 5.76. The molecule has 1 saturated heterocycles. The zero-order chi connectivity index (χ0) is 11.1. The van der Waals surface area contributed by atoms with Gasteiger partial charge in [-0.05, 0) is 25.9 Å². The van der Waals surface area contributed by atoms with Crippen LogP contribution in [-0.4, -0.2) is 66.8 Å². The minimum Gasteiger partial charge on any atom is -0.395 e. The van der Waals surface area contributed by atoms with E-state index in [1.165, 1.54) is 6.42 Å². The van der Waals surface area contributed by atoms with Crippen molar-refractivity contribution < 1.29 is 5.11 Å². The Labute approximate surface area is 93.0 Å². The smallest absolute Gasteiger partial charge is 0.0558 e. The van der Waals surface area contributed by atoms with Crippen LogP contribution in [0.3, 0.4) is 0 Å². The number of hydrogen-bond donors (Lipinski definition) is 2. The van der Waals surface area contributed by atoms with E-state index in [0.717, 1.165) is 45.7 Å². The number of β-amino-alcohol motifs (C(OH)–C–C–N with tert-alkyl or cyclic N) is 1. The number of nitrogens with two attached hydrogens (primary N) is 1. The van der Waals surface area contributed by atoms with E-state index in [0.29, 0.717) is 6.04 Å². The van der Waals surface area contributed by atoms with E-state index in [1.54, 1.807) is 0 Å². The molecule has 0 bridgehead atoms. The summed E-state index contributed by atoms with van der Waals surface area (Å²) in [5, 5.41) is 8.90. The van der Waals surface area contributed by atoms with Gasteiger partial charge in [-0.3, -0.25) is 9.80 Å². The third kappa shape index (κ3) is 4.07. The van der Waals surface area contributed by atoms with Crippen LogP contribution in [0.4, 0.5) is 0 Å². The van der Waals surface area contributed by atoms with Gasteiger partial charge >= 0.3 is 0 Å². The average molecular weight is 215 g/mol. The van der Waals surface area contributed by atoms with Gasteiger partial charge in [0.15, 0.2) is 0 Å². The molecule has 1 fully saturated rings. The molecule has 0 aromatic heterocycles. The molecular weight excluding hydrogens is 190 g/mol. The molecule has 0 amide bonds. The molecule has 0 aromatic rings. The SMILES string of the molecule is CCC(CN)N1CCCN(CCO)CC1. The molecule has 90 valence electrons. The van der Waals surface area contributed by atoms with E-state index in [9.17, 15) is 0 Å². The highest BCUT2D eigenvalue weighted by Crippen LogP contribution is 2.08. The Morgan fingerprint density at radius 2 is 2.07 bits per heavy atom. The minimum absolute atomic E-state index is 0.272. The van der Waals surface area contributed by atoms with E-state index >= 15 is 0 Å². The van der Waals surface area contributed by atoms with Crippen LogP contribution < -0.4 is 5.73 Å². The maximum absolute atomic E-state index is 8.90. The van der Waals surface area contributed by atoms with Gasteiger partial charge in [-0.15, -0.1) is 0 Å². The van der Waals surface area contributed by atoms with Crippen LogP contribution in [0.25, 0.3) is 0 Å². The van der Waals surface area contributed by atoms with E-state index in [4.69, 9.17) is 10.8 Å². The standard InChI is InChI=1S/C11H25N3O/c1-2-11(10-12)14-5-3-4-13(6-7-14)8-9-15/h11,15H,2-10,12H2,1H3. The lowest BCUT2D eigenvalue weighted by Gasteiger charge is -2.28. The summed E-state index contributed by atoms with van der Waals surface area (Å²) in [5.74, 6) is 0. The fraction of sp³-hybridized carbons (Fsp3) is 1.00. The summed E-state index contributed by atoms with van der Waals surface area (Å²) in [6.07, 6.45) is 2.33. The second-order valence-corrected chi connectivity index (χ2v) is 4.25. The molecule has 0 aliphatic carbocycles. The topological polar surface area (TPSA) is 52.7 Å². The maximum Gasteiger partial charge on any atom is 0.0558 e. The summed E-state index contributed by atoms with van der Waals surface area (Å²) >= 11 is 0. The van der Waals surface area contributed by atoms with Gasteiger partial charge in [-0.25, -0.2) is 0 Å². The van der Waals surface area contributed by atoms with Crippen LogP contribution in [0.15, 0.2) is 0 Å². The molecule has 0 saturated carbocycles. The Bertz CT molecular complexity index is 162. The molecule has 4 heteroatoms. The highest BCUT2D eigenvalue weighted by atomic mass is 16.3. The molecule has 0 spiro atoms. The summed E-state index contributed by atoms with van der Waals surface area (Å²) in [7, 11) is 0. The molecule has 4 nitrogen and oxygen atoms in total. The molecule has 1 heterocycles. The predicted molar refractivity (Wildman–Crippen MR) is 62.8 cm³/mol. The Kier molecular flexibility index (Phi) is 6.17. The molecule has 1 atom stereocenters. The first-order valence-corrected chi connectivity index (χ1v) is 6.09. The van der Waals surface area contributed by atoms with E-state index in [1.807, 2.05) is 0 Å². The van der Waals surface area contributed by atoms with Crippen molar-refractivity contribution in [2.24, 2.45) is 5.73 Å². The van der Waals surface area contributed by atoms with Crippen molar-refractivity contribution in [1.29, 1.82) is 0 Å². The molecule has 15 heavy (non-hydrogen) atoms. The second kappa shape index (κ2) is 7.17. The van der Waals surface area contributed by atoms with Crippen molar-refractivity contribution >= 4 is 0 Å². The third-order valence-electron chi connectivity index (χ3n) is 3.30. The second-order valence-electron chi connectivity index (χ2n) is 4.25. The van der Waals surface area contributed by atoms with Gasteiger partial charge < -0.3 is 10.8 Å². The lowest BCUT2D eigenvalue weighted by atomic mass is 10.2. The molecule has 0 aromatic carbocycles. The Hall–Kier alpha value is -0.160. The quantitative estimate of drug-likeness (QED) is 0.662. The van der Waals surface area contributed by atoms with Crippen molar-refractivity contribution in [2.45, 2.75) is 25.8 Å². The Morgan fingerprint density at radius 1 is 1.27 bits per heavy atom. The maximum atomic E-state index is 8.90. The van der Waals surface area contributed by atoms with E-state index < -0.39 is 0 Å². The van der Waals surface area contributed by atoms with Gasteiger partial charge in [0.25, 0.3) is 0 Å². The summed E-state index contributed by atoms with van der Waals surface area (Å²) in [6.45, 7) is 8.47. The van der Waals surface area contributed by atoms with Crippen molar-refractivity contribution in [3.05, 3.63) is 0 Å². The predicted octanol–water partition coefficient (Wildman–Crippen LogP) is -0.276. The molecule has 3 N–H and O–H groups in total. The van der Waals surface area contributed by atoms with E-state index in [-0.39, 0.29) is 6.61 Å². The first-order chi connectivity index (χ1) is 7.31. The van der Waals surface area contributed by atoms with Gasteiger partial charge in [0.05, 0.1) is 6.61 Å². The number of aliphatic hydroxyl groups excluding tert-OH is 1. The summed E-state index contributed by atoms with van der Waals surface area (Å²) in [4.78, 5) is 4.83. The monoisotopic (exact) mass is 215 g/mol. The molecule has 1 unspecified atom stereocenters. The number of aliphatic hydroxyl groups is 1. The van der Waals surface area contributed by atoms with Crippen LogP contribution in [-0.2, 0) is 0 Å². The van der Waals surface area contributed by atoms with Gasteiger partial charge in [0, 0.05) is 32.2 Å². The zero-order valence-corrected chi connectivity index (χ0v) is 9.86. The number of hydrogen-bond acceptors (Lipinski definition) is 4. The first kappa shape index (κ1) is 12.9. The van der Waals surface area contributed by atoms with Gasteiger partial charge in [0.2, 0.25) is 0 Å². The van der Waals surface area contributed by atoms with Crippen molar-refractivity contribution in [1.82, 2.24) is 9.80 Å². The Balaban J connectivity index is 2.37. The fourth-order valence-corrected chi connectivity index (χ4v) is 2.29. The van der Waals surface area contributed by atoms with Gasteiger partial charge in [-0.2, -0.15) is 0 Å². The molecule has 1 aliphatic heterocycles. The van der Waals surface area contributed by atoms with Crippen LogP contribution in [0, 0.1) is 0 Å². The summed E-state index contributed by atoms with van der Waals surface area (Å²) < 4.78 is 0. The molecular formula is C11H25N3O. The van der Waals surface area contributed by atoms with Crippen molar-refractivity contribution in [2.75, 3.05) is 45.9 Å². The fourth-order valence-electron chi connectivity index (χ4n) is 2.29. The van der Waals surface area contributed by atoms with Crippen LogP contribution in [0.5, 0.6) is 0 Å². The lowest BCUT2D eigenvalue weighted by Crippen LogP contribution is -2.42. The summed E-state index contributed by atoms with van der Waals surface area (Å²) in [6, 6.07) is 0.541. The molecule has 0 radical (unpaired) electrons. The van der Waals surface area contributed by atoms with Crippen molar-refractivity contribution in [3.8, 4) is 0 Å². The largest absolute Gasteiger partial charge is 0.395 e. The molecule has 1 aliphatic rings. The van der Waals surface area contributed by atoms with Crippen LogP contribution in [0.1, 0.15) is 19.8 Å². The van der Waals surface area contributed by atoms with Crippen LogP contribution in [0.2, 0.25) is 0 Å². The first-order valence-electron chi connectivity index (χ1n) is 6.09. The highest BCUT2D eigenvalue weighted by molar-refractivity contribution is 4.76. The molecule has 1 rings (SSSR count). The average Bonchev–Trinajstić information content (AvgIpc) is 2.47. The number of nitrogens with zero attached hydrogens (tertiary/aromatic N) is 2. The van der Waals surface area contributed by atoms with Gasteiger partial charge in [-0.1, -0.05) is 6.92 Å². The normalized spacial score (nSPS) is 22.6. The Morgan fingerprint density at radius 3 is 2.67 bits per heavy atom. The zero-order valence-electron chi connectivity index (χ0n) is 9.86. The highest BCUT2D eigenvalue weighted by Gasteiger charge is 2.19. The van der Waals surface area contributed by atoms with Crippen molar-refractivity contribution in [3.63, 3.8) is 0 Å². The number of rotatable bonds is 5.